The summed E-state index contributed by atoms with van der Waals surface area (Å²) in [4.78, 5) is 15.9. The Morgan fingerprint density at radius 2 is 1.96 bits per heavy atom. The predicted molar refractivity (Wildman–Crippen MR) is 101 cm³/mol. The lowest BCUT2D eigenvalue weighted by Gasteiger charge is -2.01. The van der Waals surface area contributed by atoms with Crippen molar-refractivity contribution >= 4 is 41.3 Å². The number of nitrogens with zero attached hydrogens (tertiary/aromatic N) is 3. The Morgan fingerprint density at radius 1 is 1.20 bits per heavy atom. The van der Waals surface area contributed by atoms with Crippen molar-refractivity contribution in [2.75, 3.05) is 5.32 Å². The molecule has 0 spiro atoms. The Bertz CT molecular complexity index is 936. The van der Waals surface area contributed by atoms with Gasteiger partial charge in [-0.3, -0.25) is 10.1 Å². The summed E-state index contributed by atoms with van der Waals surface area (Å²) < 4.78 is 1.49. The van der Waals surface area contributed by atoms with Crippen LogP contribution in [0.3, 0.4) is 0 Å². The van der Waals surface area contributed by atoms with E-state index in [9.17, 15) is 4.79 Å². The van der Waals surface area contributed by atoms with Crippen LogP contribution in [0.25, 0.3) is 11.3 Å². The van der Waals surface area contributed by atoms with Gasteiger partial charge in [-0.2, -0.15) is 5.10 Å². The number of carbonyl (C=O) groups is 1. The van der Waals surface area contributed by atoms with Gasteiger partial charge in [-0.1, -0.05) is 53.5 Å². The van der Waals surface area contributed by atoms with Gasteiger partial charge in [0, 0.05) is 17.5 Å². The first-order chi connectivity index (χ1) is 12.0. The number of anilines is 1. The van der Waals surface area contributed by atoms with Crippen molar-refractivity contribution in [3.63, 3.8) is 0 Å². The molecule has 1 heterocycles. The van der Waals surface area contributed by atoms with Crippen molar-refractivity contribution in [1.82, 2.24) is 9.66 Å². The molecule has 3 aromatic rings. The third-order valence-corrected chi connectivity index (χ3v) is 3.86. The topological polar surface area (TPSA) is 59.3 Å². The maximum Gasteiger partial charge on any atom is 0.231 e. The van der Waals surface area contributed by atoms with Gasteiger partial charge in [0.05, 0.1) is 23.1 Å². The summed E-state index contributed by atoms with van der Waals surface area (Å²) in [6.45, 7) is 1.41. The number of benzene rings is 2. The maximum atomic E-state index is 11.4. The fourth-order valence-electron chi connectivity index (χ4n) is 2.20. The monoisotopic (exact) mass is 372 g/mol. The zero-order valence-corrected chi connectivity index (χ0v) is 14.8. The summed E-state index contributed by atoms with van der Waals surface area (Å²) in [6.07, 6.45) is 3.38. The Morgan fingerprint density at radius 3 is 2.64 bits per heavy atom. The molecule has 0 radical (unpaired) electrons. The van der Waals surface area contributed by atoms with Crippen LogP contribution in [0.5, 0.6) is 0 Å². The van der Waals surface area contributed by atoms with E-state index < -0.39 is 0 Å². The molecule has 0 unspecified atom stereocenters. The molecule has 0 saturated carbocycles. The highest BCUT2D eigenvalue weighted by atomic mass is 35.5. The number of nitrogens with one attached hydrogen (secondary N) is 1. The fourth-order valence-corrected chi connectivity index (χ4v) is 2.70. The molecule has 0 saturated heterocycles. The van der Waals surface area contributed by atoms with E-state index in [1.54, 1.807) is 30.6 Å². The smallest absolute Gasteiger partial charge is 0.231 e. The Hall–Kier alpha value is -2.63. The van der Waals surface area contributed by atoms with Crippen LogP contribution in [0.2, 0.25) is 10.0 Å². The highest BCUT2D eigenvalue weighted by Gasteiger charge is 2.13. The minimum absolute atomic E-state index is 0.240. The molecule has 3 rings (SSSR count). The van der Waals surface area contributed by atoms with Gasteiger partial charge in [0.15, 0.2) is 0 Å². The number of aromatic nitrogens is 2. The molecule has 1 aromatic heterocycles. The average Bonchev–Trinajstić information content (AvgIpc) is 2.95. The van der Waals surface area contributed by atoms with Gasteiger partial charge in [-0.05, 0) is 23.8 Å². The molecular weight excluding hydrogens is 359 g/mol. The molecule has 0 fully saturated rings. The van der Waals surface area contributed by atoms with Gasteiger partial charge in [-0.15, -0.1) is 0 Å². The molecule has 1 N–H and O–H groups in total. The number of halogens is 2. The Kier molecular flexibility index (Phi) is 5.16. The van der Waals surface area contributed by atoms with Gasteiger partial charge < -0.3 is 0 Å². The van der Waals surface area contributed by atoms with Crippen LogP contribution in [-0.4, -0.2) is 21.8 Å². The second kappa shape index (κ2) is 7.51. The molecule has 0 atom stereocenters. The van der Waals surface area contributed by atoms with Crippen LogP contribution in [0, 0.1) is 0 Å². The van der Waals surface area contributed by atoms with Crippen molar-refractivity contribution in [3.8, 4) is 11.3 Å². The molecule has 7 heteroatoms. The van der Waals surface area contributed by atoms with E-state index >= 15 is 0 Å². The molecule has 25 heavy (non-hydrogen) atoms. The summed E-state index contributed by atoms with van der Waals surface area (Å²) in [5.41, 5.74) is 2.21. The van der Waals surface area contributed by atoms with Crippen LogP contribution in [0.4, 0.5) is 5.95 Å². The van der Waals surface area contributed by atoms with Crippen molar-refractivity contribution in [1.29, 1.82) is 0 Å². The minimum atomic E-state index is -0.240. The normalized spacial score (nSPS) is 11.0. The lowest BCUT2D eigenvalue weighted by Crippen LogP contribution is -2.10. The first kappa shape index (κ1) is 17.2. The SMILES string of the molecule is CC(=O)Nc1nc(-c2ccc(Cl)cc2Cl)cn1N=Cc1ccccc1. The van der Waals surface area contributed by atoms with E-state index in [4.69, 9.17) is 23.2 Å². The van der Waals surface area contributed by atoms with Crippen molar-refractivity contribution < 1.29 is 4.79 Å². The zero-order chi connectivity index (χ0) is 17.8. The fraction of sp³-hybridized carbons (Fsp3) is 0.0556. The van der Waals surface area contributed by atoms with E-state index in [-0.39, 0.29) is 5.91 Å². The van der Waals surface area contributed by atoms with Crippen LogP contribution in [-0.2, 0) is 4.79 Å². The maximum absolute atomic E-state index is 11.4. The van der Waals surface area contributed by atoms with Crippen LogP contribution < -0.4 is 5.32 Å². The second-order valence-electron chi connectivity index (χ2n) is 5.25. The summed E-state index contributed by atoms with van der Waals surface area (Å²) in [6, 6.07) is 14.8. The van der Waals surface area contributed by atoms with E-state index in [1.807, 2.05) is 30.3 Å². The average molecular weight is 373 g/mol. The molecule has 2 aromatic carbocycles. The molecular formula is C18H14Cl2N4O. The second-order valence-corrected chi connectivity index (χ2v) is 6.10. The van der Waals surface area contributed by atoms with Crippen LogP contribution in [0.1, 0.15) is 12.5 Å². The summed E-state index contributed by atoms with van der Waals surface area (Å²) in [7, 11) is 0. The first-order valence-electron chi connectivity index (χ1n) is 7.45. The standard InChI is InChI=1S/C18H14Cl2N4O/c1-12(25)22-18-23-17(15-8-7-14(19)9-16(15)20)11-24(18)21-10-13-5-3-2-4-6-13/h2-11H,1H3,(H,22,23,25). The predicted octanol–water partition coefficient (Wildman–Crippen LogP) is 4.70. The van der Waals surface area contributed by atoms with Crippen LogP contribution >= 0.6 is 23.2 Å². The third-order valence-electron chi connectivity index (χ3n) is 3.31. The van der Waals surface area contributed by atoms with Gasteiger partial charge in [0.1, 0.15) is 0 Å². The third kappa shape index (κ3) is 4.26. The number of imidazole rings is 1. The number of amides is 1. The number of hydrogen-bond acceptors (Lipinski definition) is 3. The molecule has 126 valence electrons. The molecule has 0 bridgehead atoms. The van der Waals surface area contributed by atoms with Crippen molar-refractivity contribution in [2.45, 2.75) is 6.92 Å². The van der Waals surface area contributed by atoms with E-state index in [1.165, 1.54) is 11.6 Å². The number of hydrogen-bond donors (Lipinski definition) is 1. The van der Waals surface area contributed by atoms with Gasteiger partial charge in [0.2, 0.25) is 11.9 Å². The zero-order valence-electron chi connectivity index (χ0n) is 13.3. The van der Waals surface area contributed by atoms with Gasteiger partial charge in [-0.25, -0.2) is 9.66 Å². The first-order valence-corrected chi connectivity index (χ1v) is 8.20. The van der Waals surface area contributed by atoms with Gasteiger partial charge in [0.25, 0.3) is 0 Å². The lowest BCUT2D eigenvalue weighted by atomic mass is 10.2. The minimum Gasteiger partial charge on any atom is -0.295 e. The van der Waals surface area contributed by atoms with E-state index in [0.717, 1.165) is 5.56 Å². The molecule has 0 aliphatic rings. The highest BCUT2D eigenvalue weighted by Crippen LogP contribution is 2.30. The summed E-state index contributed by atoms with van der Waals surface area (Å²) >= 11 is 12.2. The largest absolute Gasteiger partial charge is 0.295 e. The number of rotatable bonds is 4. The molecule has 0 aliphatic carbocycles. The van der Waals surface area contributed by atoms with E-state index in [0.29, 0.717) is 27.3 Å². The molecule has 0 aliphatic heterocycles. The molecule has 5 nitrogen and oxygen atoms in total. The summed E-state index contributed by atoms with van der Waals surface area (Å²) in [5, 5.41) is 8.04. The Balaban J connectivity index is 2.00. The Labute approximate surface area is 154 Å². The highest BCUT2D eigenvalue weighted by molar-refractivity contribution is 6.36. The van der Waals surface area contributed by atoms with E-state index in [2.05, 4.69) is 15.4 Å². The summed E-state index contributed by atoms with van der Waals surface area (Å²) in [5.74, 6) is 0.0659. The molecule has 1 amide bonds. The number of carbonyl (C=O) groups excluding carboxylic acids is 1. The van der Waals surface area contributed by atoms with Crippen molar-refractivity contribution in [2.24, 2.45) is 5.10 Å². The lowest BCUT2D eigenvalue weighted by molar-refractivity contribution is -0.114. The van der Waals surface area contributed by atoms with Gasteiger partial charge >= 0.3 is 0 Å². The van der Waals surface area contributed by atoms with Crippen LogP contribution in [0.15, 0.2) is 59.8 Å². The quantitative estimate of drug-likeness (QED) is 0.674. The van der Waals surface area contributed by atoms with Crippen molar-refractivity contribution in [3.05, 3.63) is 70.3 Å².